The van der Waals surface area contributed by atoms with Gasteiger partial charge in [-0.15, -0.1) is 10.2 Å². The summed E-state index contributed by atoms with van der Waals surface area (Å²) in [5.41, 5.74) is 2.71. The first-order chi connectivity index (χ1) is 11.6. The molecule has 0 aliphatic heterocycles. The summed E-state index contributed by atoms with van der Waals surface area (Å²) in [6.45, 7) is 6.04. The normalized spacial score (nSPS) is 12.6. The molecule has 1 aromatic carbocycles. The molecule has 0 spiro atoms. The Labute approximate surface area is 153 Å². The minimum Gasteiger partial charge on any atom is -0.358 e. The Morgan fingerprint density at radius 2 is 2.04 bits per heavy atom. The molecule has 0 fully saturated rings. The van der Waals surface area contributed by atoms with Gasteiger partial charge in [-0.2, -0.15) is 0 Å². The van der Waals surface area contributed by atoms with Crippen molar-refractivity contribution in [2.24, 2.45) is 0 Å². The molecule has 1 atom stereocenters. The van der Waals surface area contributed by atoms with Crippen LogP contribution in [0, 0.1) is 6.92 Å². The van der Waals surface area contributed by atoms with Gasteiger partial charge in [0.05, 0.1) is 5.25 Å². The molecule has 1 N–H and O–H groups in total. The maximum Gasteiger partial charge on any atom is 0.178 e. The first kappa shape index (κ1) is 17.5. The number of benzene rings is 1. The molecule has 0 unspecified atom stereocenters. The van der Waals surface area contributed by atoms with E-state index in [-0.39, 0.29) is 11.0 Å². The van der Waals surface area contributed by atoms with E-state index in [0.29, 0.717) is 0 Å². The lowest BCUT2D eigenvalue weighted by atomic mass is 10.1. The molecule has 3 rings (SSSR count). The predicted molar refractivity (Wildman–Crippen MR) is 104 cm³/mol. The van der Waals surface area contributed by atoms with Gasteiger partial charge in [-0.05, 0) is 26.3 Å². The van der Waals surface area contributed by atoms with Crippen molar-refractivity contribution in [3.8, 4) is 0 Å². The third kappa shape index (κ3) is 3.68. The van der Waals surface area contributed by atoms with Crippen LogP contribution in [0.1, 0.15) is 36.3 Å². The van der Waals surface area contributed by atoms with E-state index in [1.807, 2.05) is 38.1 Å². The summed E-state index contributed by atoms with van der Waals surface area (Å²) >= 11 is 4.78. The van der Waals surface area contributed by atoms with Gasteiger partial charge in [-0.1, -0.05) is 60.0 Å². The average molecular weight is 378 g/mol. The molecular weight excluding hydrogens is 358 g/mol. The van der Waals surface area contributed by atoms with Gasteiger partial charge in [0.1, 0.15) is 0 Å². The van der Waals surface area contributed by atoms with Gasteiger partial charge in [-0.25, -0.2) is 0 Å². The van der Waals surface area contributed by atoms with Crippen molar-refractivity contribution in [2.75, 3.05) is 5.75 Å². The zero-order valence-electron chi connectivity index (χ0n) is 13.8. The number of carbonyl (C=O) groups is 1. The zero-order valence-corrected chi connectivity index (χ0v) is 16.3. The Bertz CT molecular complexity index is 856. The number of hydrogen-bond acceptors (Lipinski definition) is 6. The maximum absolute atomic E-state index is 12.9. The molecule has 0 bridgehead atoms. The number of ketones is 1. The van der Waals surface area contributed by atoms with Crippen LogP contribution in [0.5, 0.6) is 0 Å². The molecule has 2 aromatic heterocycles. The number of para-hydroxylation sites is 1. The highest BCUT2D eigenvalue weighted by Gasteiger charge is 2.23. The molecule has 7 heteroatoms. The summed E-state index contributed by atoms with van der Waals surface area (Å²) in [6.07, 6.45) is 1.11. The lowest BCUT2D eigenvalue weighted by molar-refractivity contribution is 0.0995. The Kier molecular flexibility index (Phi) is 5.63. The van der Waals surface area contributed by atoms with Crippen molar-refractivity contribution in [2.45, 2.75) is 41.1 Å². The van der Waals surface area contributed by atoms with Gasteiger partial charge in [0.25, 0.3) is 0 Å². The third-order valence-electron chi connectivity index (χ3n) is 3.60. The number of aromatic nitrogens is 3. The predicted octanol–water partition coefficient (Wildman–Crippen LogP) is 5.19. The smallest absolute Gasteiger partial charge is 0.178 e. The number of Topliss-reactive ketones (excluding diaryl/α,β-unsaturated/α-hetero) is 1. The molecule has 0 saturated carbocycles. The highest BCUT2D eigenvalue weighted by Crippen LogP contribution is 2.34. The van der Waals surface area contributed by atoms with Crippen molar-refractivity contribution >= 4 is 51.5 Å². The van der Waals surface area contributed by atoms with E-state index in [2.05, 4.69) is 22.1 Å². The van der Waals surface area contributed by atoms with Gasteiger partial charge in [0.15, 0.2) is 14.5 Å². The van der Waals surface area contributed by atoms with Crippen LogP contribution in [-0.4, -0.2) is 32.0 Å². The number of fused-ring (bicyclic) bond motifs is 1. The van der Waals surface area contributed by atoms with Gasteiger partial charge < -0.3 is 4.98 Å². The van der Waals surface area contributed by atoms with Gasteiger partial charge >= 0.3 is 0 Å². The van der Waals surface area contributed by atoms with Gasteiger partial charge in [0, 0.05) is 27.9 Å². The Morgan fingerprint density at radius 3 is 2.83 bits per heavy atom. The van der Waals surface area contributed by atoms with E-state index in [0.717, 1.165) is 43.0 Å². The number of rotatable bonds is 7. The molecule has 0 aliphatic carbocycles. The highest BCUT2D eigenvalue weighted by atomic mass is 32.2. The van der Waals surface area contributed by atoms with Crippen molar-refractivity contribution < 1.29 is 4.79 Å². The number of aromatic amines is 1. The van der Waals surface area contributed by atoms with Crippen molar-refractivity contribution in [3.63, 3.8) is 0 Å². The number of thioether (sulfide) groups is 2. The van der Waals surface area contributed by atoms with E-state index in [4.69, 9.17) is 0 Å². The Balaban J connectivity index is 1.76. The lowest BCUT2D eigenvalue weighted by Crippen LogP contribution is -2.14. The summed E-state index contributed by atoms with van der Waals surface area (Å²) in [5.74, 6) is 1.18. The van der Waals surface area contributed by atoms with E-state index in [9.17, 15) is 4.79 Å². The van der Waals surface area contributed by atoms with Crippen LogP contribution in [0.4, 0.5) is 0 Å². The molecule has 24 heavy (non-hydrogen) atoms. The average Bonchev–Trinajstić information content (AvgIpc) is 3.15. The second-order valence-electron chi connectivity index (χ2n) is 5.48. The minimum absolute atomic E-state index is 0.132. The fraction of sp³-hybridized carbons (Fsp3) is 0.353. The molecule has 4 nitrogen and oxygen atoms in total. The largest absolute Gasteiger partial charge is 0.358 e. The monoisotopic (exact) mass is 377 g/mol. The zero-order chi connectivity index (χ0) is 17.1. The van der Waals surface area contributed by atoms with Gasteiger partial charge in [-0.3, -0.25) is 4.79 Å². The summed E-state index contributed by atoms with van der Waals surface area (Å²) in [7, 11) is 0. The van der Waals surface area contributed by atoms with Crippen molar-refractivity contribution in [1.82, 2.24) is 15.2 Å². The molecule has 0 aliphatic rings. The summed E-state index contributed by atoms with van der Waals surface area (Å²) in [6, 6.07) is 7.93. The van der Waals surface area contributed by atoms with E-state index in [1.165, 1.54) is 11.8 Å². The number of carbonyl (C=O) groups excluding carboxylic acids is 1. The molecule has 0 radical (unpaired) electrons. The van der Waals surface area contributed by atoms with Crippen LogP contribution in [0.25, 0.3) is 10.9 Å². The Morgan fingerprint density at radius 1 is 1.29 bits per heavy atom. The summed E-state index contributed by atoms with van der Waals surface area (Å²) in [4.78, 5) is 16.2. The van der Waals surface area contributed by atoms with Crippen LogP contribution < -0.4 is 0 Å². The second-order valence-corrected chi connectivity index (χ2v) is 9.38. The van der Waals surface area contributed by atoms with Crippen LogP contribution >= 0.6 is 34.9 Å². The molecule has 126 valence electrons. The highest BCUT2D eigenvalue weighted by molar-refractivity contribution is 8.03. The van der Waals surface area contributed by atoms with E-state index >= 15 is 0 Å². The third-order valence-corrected chi connectivity index (χ3v) is 7.05. The molecule has 0 saturated heterocycles. The fourth-order valence-corrected chi connectivity index (χ4v) is 5.64. The molecule has 3 aromatic rings. The van der Waals surface area contributed by atoms with Crippen molar-refractivity contribution in [3.05, 3.63) is 35.5 Å². The number of aryl methyl sites for hydroxylation is 1. The van der Waals surface area contributed by atoms with Crippen LogP contribution in [-0.2, 0) is 0 Å². The molecule has 2 heterocycles. The summed E-state index contributed by atoms with van der Waals surface area (Å²) < 4.78 is 1.83. The standard InChI is InChI=1S/C17H19N3OS3/c1-4-9-22-16-19-20-17(24-16)23-11(3)15(21)14-10(2)18-13-8-6-5-7-12(13)14/h5-8,11,18H,4,9H2,1-3H3/t11-/m0/s1. The number of nitrogens with zero attached hydrogens (tertiary/aromatic N) is 2. The van der Waals surface area contributed by atoms with E-state index < -0.39 is 0 Å². The number of H-pyrrole nitrogens is 1. The first-order valence-electron chi connectivity index (χ1n) is 7.84. The van der Waals surface area contributed by atoms with Crippen LogP contribution in [0.15, 0.2) is 32.9 Å². The maximum atomic E-state index is 12.9. The quantitative estimate of drug-likeness (QED) is 0.453. The van der Waals surface area contributed by atoms with E-state index in [1.54, 1.807) is 23.1 Å². The lowest BCUT2D eigenvalue weighted by Gasteiger charge is -2.08. The van der Waals surface area contributed by atoms with Crippen LogP contribution in [0.2, 0.25) is 0 Å². The fourth-order valence-electron chi connectivity index (χ4n) is 2.49. The number of nitrogens with one attached hydrogen (secondary N) is 1. The second kappa shape index (κ2) is 7.72. The molecule has 0 amide bonds. The first-order valence-corrected chi connectivity index (χ1v) is 10.5. The SMILES string of the molecule is CCCSc1nnc(S[C@@H](C)C(=O)c2c(C)[nH]c3ccccc23)s1. The van der Waals surface area contributed by atoms with Crippen molar-refractivity contribution in [1.29, 1.82) is 0 Å². The van der Waals surface area contributed by atoms with Crippen LogP contribution in [0.3, 0.4) is 0 Å². The van der Waals surface area contributed by atoms with Gasteiger partial charge in [0.2, 0.25) is 0 Å². The number of hydrogen-bond donors (Lipinski definition) is 1. The summed E-state index contributed by atoms with van der Waals surface area (Å²) in [5, 5.41) is 9.19. The molecular formula is C17H19N3OS3. The minimum atomic E-state index is -0.195. The Hall–Kier alpha value is -1.31. The topological polar surface area (TPSA) is 58.6 Å².